The molecule has 1 atom stereocenters. The summed E-state index contributed by atoms with van der Waals surface area (Å²) in [7, 11) is 0. The Morgan fingerprint density at radius 2 is 2.17 bits per heavy atom. The maximum Gasteiger partial charge on any atom is 0.173 e. The maximum absolute atomic E-state index is 5.66. The highest BCUT2D eigenvalue weighted by Gasteiger charge is 2.34. The van der Waals surface area contributed by atoms with Crippen LogP contribution in [0.4, 0.5) is 0 Å². The van der Waals surface area contributed by atoms with E-state index in [1.165, 1.54) is 12.8 Å². The molecule has 2 fully saturated rings. The number of aromatic nitrogens is 1. The zero-order valence-corrected chi connectivity index (χ0v) is 10.8. The average molecular weight is 252 g/mol. The molecular formula is C13H20N2O3. The molecule has 2 aliphatic heterocycles. The number of piperidine rings is 1. The molecule has 0 aliphatic carbocycles. The second-order valence-corrected chi connectivity index (χ2v) is 5.08. The van der Waals surface area contributed by atoms with Crippen LogP contribution < -0.4 is 0 Å². The third-order valence-electron chi connectivity index (χ3n) is 3.66. The third-order valence-corrected chi connectivity index (χ3v) is 3.66. The Morgan fingerprint density at radius 1 is 1.33 bits per heavy atom. The van der Waals surface area contributed by atoms with E-state index in [0.717, 1.165) is 44.2 Å². The fraction of sp³-hybridized carbons (Fsp3) is 0.769. The summed E-state index contributed by atoms with van der Waals surface area (Å²) in [4.78, 5) is 2.40. The van der Waals surface area contributed by atoms with Crippen LogP contribution in [-0.4, -0.2) is 42.1 Å². The SMILES string of the molecule is Cc1cc(CN2CCCCC2C2OCCO2)on1. The molecule has 1 aromatic heterocycles. The van der Waals surface area contributed by atoms with E-state index in [9.17, 15) is 0 Å². The molecule has 0 radical (unpaired) electrons. The van der Waals surface area contributed by atoms with Gasteiger partial charge >= 0.3 is 0 Å². The van der Waals surface area contributed by atoms with Crippen molar-refractivity contribution in [1.29, 1.82) is 0 Å². The summed E-state index contributed by atoms with van der Waals surface area (Å²) >= 11 is 0. The molecule has 0 spiro atoms. The van der Waals surface area contributed by atoms with Crippen LogP contribution >= 0.6 is 0 Å². The van der Waals surface area contributed by atoms with Gasteiger partial charge in [-0.1, -0.05) is 11.6 Å². The molecule has 3 rings (SSSR count). The monoisotopic (exact) mass is 252 g/mol. The van der Waals surface area contributed by atoms with Gasteiger partial charge < -0.3 is 14.0 Å². The Bertz CT molecular complexity index is 387. The summed E-state index contributed by atoms with van der Waals surface area (Å²) in [5, 5.41) is 3.94. The summed E-state index contributed by atoms with van der Waals surface area (Å²) in [6.07, 6.45) is 3.56. The Balaban J connectivity index is 1.67. The van der Waals surface area contributed by atoms with Crippen molar-refractivity contribution in [2.24, 2.45) is 0 Å². The van der Waals surface area contributed by atoms with Gasteiger partial charge in [0, 0.05) is 6.07 Å². The summed E-state index contributed by atoms with van der Waals surface area (Å²) < 4.78 is 16.6. The molecule has 0 amide bonds. The van der Waals surface area contributed by atoms with Crippen molar-refractivity contribution in [3.63, 3.8) is 0 Å². The fourth-order valence-corrected chi connectivity index (χ4v) is 2.81. The Morgan fingerprint density at radius 3 is 2.89 bits per heavy atom. The van der Waals surface area contributed by atoms with Crippen molar-refractivity contribution in [2.45, 2.75) is 45.1 Å². The maximum atomic E-state index is 5.66. The Kier molecular flexibility index (Phi) is 3.63. The standard InChI is InChI=1S/C13H20N2O3/c1-10-8-11(18-14-10)9-15-5-3-2-4-12(15)13-16-6-7-17-13/h8,12-13H,2-7,9H2,1H3. The predicted octanol–water partition coefficient (Wildman–Crippen LogP) is 1.71. The number of hydrogen-bond acceptors (Lipinski definition) is 5. The first kappa shape index (κ1) is 12.1. The van der Waals surface area contributed by atoms with Crippen LogP contribution in [0, 0.1) is 6.92 Å². The van der Waals surface area contributed by atoms with E-state index >= 15 is 0 Å². The van der Waals surface area contributed by atoms with Crippen LogP contribution in [0.3, 0.4) is 0 Å². The zero-order valence-electron chi connectivity index (χ0n) is 10.8. The van der Waals surface area contributed by atoms with Gasteiger partial charge in [0.2, 0.25) is 0 Å². The Labute approximate surface area is 107 Å². The molecular weight excluding hydrogens is 232 g/mol. The molecule has 2 saturated heterocycles. The first-order chi connectivity index (χ1) is 8.83. The number of nitrogens with zero attached hydrogens (tertiary/aromatic N) is 2. The van der Waals surface area contributed by atoms with E-state index in [4.69, 9.17) is 14.0 Å². The lowest BCUT2D eigenvalue weighted by Crippen LogP contribution is -2.46. The minimum absolute atomic E-state index is 0.0608. The van der Waals surface area contributed by atoms with Gasteiger partial charge in [0.15, 0.2) is 12.1 Å². The number of likely N-dealkylation sites (tertiary alicyclic amines) is 1. The van der Waals surface area contributed by atoms with Crippen molar-refractivity contribution >= 4 is 0 Å². The summed E-state index contributed by atoms with van der Waals surface area (Å²) in [5.74, 6) is 0.928. The molecule has 3 heterocycles. The van der Waals surface area contributed by atoms with Crippen LogP contribution in [0.15, 0.2) is 10.6 Å². The van der Waals surface area contributed by atoms with Crippen molar-refractivity contribution in [3.05, 3.63) is 17.5 Å². The molecule has 0 bridgehead atoms. The lowest BCUT2D eigenvalue weighted by atomic mass is 10.0. The molecule has 1 unspecified atom stereocenters. The highest BCUT2D eigenvalue weighted by Crippen LogP contribution is 2.25. The van der Waals surface area contributed by atoms with Crippen molar-refractivity contribution in [2.75, 3.05) is 19.8 Å². The topological polar surface area (TPSA) is 47.7 Å². The lowest BCUT2D eigenvalue weighted by Gasteiger charge is -2.37. The van der Waals surface area contributed by atoms with Crippen LogP contribution in [0.5, 0.6) is 0 Å². The molecule has 18 heavy (non-hydrogen) atoms. The molecule has 100 valence electrons. The van der Waals surface area contributed by atoms with Gasteiger partial charge in [0.25, 0.3) is 0 Å². The summed E-state index contributed by atoms with van der Waals surface area (Å²) in [6.45, 7) is 5.26. The molecule has 0 saturated carbocycles. The highest BCUT2D eigenvalue weighted by molar-refractivity contribution is 5.03. The zero-order chi connectivity index (χ0) is 12.4. The van der Waals surface area contributed by atoms with Crippen LogP contribution in [0.1, 0.15) is 30.7 Å². The number of hydrogen-bond donors (Lipinski definition) is 0. The van der Waals surface area contributed by atoms with E-state index in [1.807, 2.05) is 13.0 Å². The molecule has 0 N–H and O–H groups in total. The average Bonchev–Trinajstić information content (AvgIpc) is 3.02. The smallest absolute Gasteiger partial charge is 0.173 e. The van der Waals surface area contributed by atoms with E-state index < -0.39 is 0 Å². The van der Waals surface area contributed by atoms with Gasteiger partial charge in [-0.15, -0.1) is 0 Å². The summed E-state index contributed by atoms with van der Waals surface area (Å²) in [6, 6.07) is 2.36. The number of ether oxygens (including phenoxy) is 2. The van der Waals surface area contributed by atoms with Gasteiger partial charge in [-0.2, -0.15) is 0 Å². The van der Waals surface area contributed by atoms with Crippen LogP contribution in [0.2, 0.25) is 0 Å². The van der Waals surface area contributed by atoms with Gasteiger partial charge in [0.1, 0.15) is 0 Å². The Hall–Kier alpha value is -0.910. The van der Waals surface area contributed by atoms with Crippen molar-refractivity contribution < 1.29 is 14.0 Å². The molecule has 1 aromatic rings. The first-order valence-corrected chi connectivity index (χ1v) is 6.72. The van der Waals surface area contributed by atoms with E-state index in [0.29, 0.717) is 6.04 Å². The van der Waals surface area contributed by atoms with Crippen LogP contribution in [-0.2, 0) is 16.0 Å². The number of rotatable bonds is 3. The predicted molar refractivity (Wildman–Crippen MR) is 65.0 cm³/mol. The third kappa shape index (κ3) is 2.58. The molecule has 2 aliphatic rings. The normalized spacial score (nSPS) is 26.8. The molecule has 5 nitrogen and oxygen atoms in total. The van der Waals surface area contributed by atoms with Gasteiger partial charge in [-0.25, -0.2) is 0 Å². The minimum Gasteiger partial charge on any atom is -0.360 e. The number of aryl methyl sites for hydroxylation is 1. The minimum atomic E-state index is -0.0608. The van der Waals surface area contributed by atoms with E-state index in [2.05, 4.69) is 10.1 Å². The van der Waals surface area contributed by atoms with Crippen LogP contribution in [0.25, 0.3) is 0 Å². The van der Waals surface area contributed by atoms with Crippen molar-refractivity contribution in [1.82, 2.24) is 10.1 Å². The molecule has 0 aromatic carbocycles. The van der Waals surface area contributed by atoms with Gasteiger partial charge in [0.05, 0.1) is 31.5 Å². The van der Waals surface area contributed by atoms with Gasteiger partial charge in [-0.05, 0) is 26.3 Å². The fourth-order valence-electron chi connectivity index (χ4n) is 2.81. The molecule has 5 heteroatoms. The first-order valence-electron chi connectivity index (χ1n) is 6.72. The quantitative estimate of drug-likeness (QED) is 0.819. The lowest BCUT2D eigenvalue weighted by molar-refractivity contribution is -0.112. The van der Waals surface area contributed by atoms with Gasteiger partial charge in [-0.3, -0.25) is 4.90 Å². The second kappa shape index (κ2) is 5.38. The van der Waals surface area contributed by atoms with E-state index in [1.54, 1.807) is 0 Å². The largest absolute Gasteiger partial charge is 0.360 e. The highest BCUT2D eigenvalue weighted by atomic mass is 16.7. The van der Waals surface area contributed by atoms with Crippen molar-refractivity contribution in [3.8, 4) is 0 Å². The second-order valence-electron chi connectivity index (χ2n) is 5.08. The summed E-state index contributed by atoms with van der Waals surface area (Å²) in [5.41, 5.74) is 0.937. The van der Waals surface area contributed by atoms with E-state index in [-0.39, 0.29) is 6.29 Å².